The Morgan fingerprint density at radius 1 is 0.508 bits per heavy atom. The van der Waals surface area contributed by atoms with E-state index in [4.69, 9.17) is 14.7 Å². The zero-order valence-corrected chi connectivity index (χ0v) is 35.7. The molecule has 9 rings (SSSR count). The maximum absolute atomic E-state index is 7.06. The second-order valence-electron chi connectivity index (χ2n) is 18.6. The van der Waals surface area contributed by atoms with E-state index < -0.39 is 5.41 Å². The topological polar surface area (TPSA) is 35.0 Å². The molecule has 0 spiro atoms. The number of nitrogens with zero attached hydrogens (tertiary/aromatic N) is 2. The van der Waals surface area contributed by atoms with Crippen LogP contribution in [-0.2, 0) is 16.2 Å². The largest absolute Gasteiger partial charge is 0.457 e. The molecule has 0 aliphatic heterocycles. The van der Waals surface area contributed by atoms with Gasteiger partial charge in [0.25, 0.3) is 0 Å². The summed E-state index contributed by atoms with van der Waals surface area (Å²) in [6.45, 7) is 20.3. The van der Waals surface area contributed by atoms with Gasteiger partial charge < -0.3 is 4.74 Å². The van der Waals surface area contributed by atoms with Gasteiger partial charge in [-0.2, -0.15) is 0 Å². The summed E-state index contributed by atoms with van der Waals surface area (Å²) >= 11 is 0. The Morgan fingerprint density at radius 3 is 1.76 bits per heavy atom. The lowest BCUT2D eigenvalue weighted by Crippen LogP contribution is -2.30. The van der Waals surface area contributed by atoms with Gasteiger partial charge in [0.2, 0.25) is 0 Å². The highest BCUT2D eigenvalue weighted by molar-refractivity contribution is 5.88. The predicted octanol–water partition coefficient (Wildman–Crippen LogP) is 14.6. The molecule has 0 amide bonds. The number of hydrogen-bond acceptors (Lipinski definition) is 3. The number of pyridine rings is 2. The predicted molar refractivity (Wildman–Crippen MR) is 246 cm³/mol. The molecule has 0 saturated heterocycles. The van der Waals surface area contributed by atoms with Crippen LogP contribution < -0.4 is 4.74 Å². The summed E-state index contributed by atoms with van der Waals surface area (Å²) < 4.78 is 7.06. The third-order valence-electron chi connectivity index (χ3n) is 12.2. The SMILES string of the molecule is Cc1cc(C)c(-c2cc(Oc3cccc(C4(c5ccccn5)c5cc(C(C)(C)C)ccc5-c5ccc(C(C)(C)C)cc54)c3)cc(-c3cc4ccccc4cn3)c2)c(C)c1. The third-order valence-corrected chi connectivity index (χ3v) is 12.2. The van der Waals surface area contributed by atoms with Crippen LogP contribution in [0, 0.1) is 20.8 Å². The average molecular weight is 769 g/mol. The van der Waals surface area contributed by atoms with Crippen molar-refractivity contribution in [3.63, 3.8) is 0 Å². The van der Waals surface area contributed by atoms with Crippen LogP contribution >= 0.6 is 0 Å². The van der Waals surface area contributed by atoms with Gasteiger partial charge in [0.05, 0.1) is 16.8 Å². The summed E-state index contributed by atoms with van der Waals surface area (Å²) in [5.41, 5.74) is 16.9. The Kier molecular flexibility index (Phi) is 9.20. The summed E-state index contributed by atoms with van der Waals surface area (Å²) in [5.74, 6) is 1.52. The molecule has 6 aromatic carbocycles. The molecule has 0 radical (unpaired) electrons. The minimum atomic E-state index is -0.689. The van der Waals surface area contributed by atoms with Crippen LogP contribution in [0.5, 0.6) is 11.5 Å². The van der Waals surface area contributed by atoms with E-state index in [1.807, 2.05) is 18.5 Å². The monoisotopic (exact) mass is 768 g/mol. The molecular formula is C56H52N2O. The smallest absolute Gasteiger partial charge is 0.128 e. The van der Waals surface area contributed by atoms with Crippen LogP contribution in [0.4, 0.5) is 0 Å². The Labute approximate surface area is 349 Å². The van der Waals surface area contributed by atoms with E-state index in [0.29, 0.717) is 0 Å². The highest BCUT2D eigenvalue weighted by Gasteiger charge is 2.48. The molecule has 3 nitrogen and oxygen atoms in total. The van der Waals surface area contributed by atoms with Gasteiger partial charge in [0.1, 0.15) is 11.5 Å². The van der Waals surface area contributed by atoms with Gasteiger partial charge in [-0.05, 0) is 147 Å². The number of ether oxygens (including phenoxy) is 1. The quantitative estimate of drug-likeness (QED) is 0.169. The summed E-state index contributed by atoms with van der Waals surface area (Å²) in [6, 6.07) is 50.8. The van der Waals surface area contributed by atoms with Gasteiger partial charge in [-0.15, -0.1) is 0 Å². The van der Waals surface area contributed by atoms with E-state index in [1.54, 1.807) is 0 Å². The van der Waals surface area contributed by atoms with Gasteiger partial charge in [0, 0.05) is 23.3 Å². The van der Waals surface area contributed by atoms with Gasteiger partial charge in [-0.1, -0.05) is 138 Å². The highest BCUT2D eigenvalue weighted by Crippen LogP contribution is 2.57. The summed E-state index contributed by atoms with van der Waals surface area (Å²) in [4.78, 5) is 10.1. The lowest BCUT2D eigenvalue weighted by atomic mass is 9.68. The van der Waals surface area contributed by atoms with Crippen molar-refractivity contribution < 1.29 is 4.74 Å². The van der Waals surface area contributed by atoms with Crippen molar-refractivity contribution in [1.29, 1.82) is 0 Å². The molecule has 0 unspecified atom stereocenters. The van der Waals surface area contributed by atoms with Gasteiger partial charge in [-0.3, -0.25) is 9.97 Å². The van der Waals surface area contributed by atoms with Crippen LogP contribution in [0.1, 0.15) is 91.7 Å². The zero-order chi connectivity index (χ0) is 41.3. The molecule has 1 aliphatic carbocycles. The van der Waals surface area contributed by atoms with Crippen molar-refractivity contribution >= 4 is 10.8 Å². The summed E-state index contributed by atoms with van der Waals surface area (Å²) in [7, 11) is 0. The van der Waals surface area contributed by atoms with Gasteiger partial charge >= 0.3 is 0 Å². The third kappa shape index (κ3) is 6.73. The first-order valence-corrected chi connectivity index (χ1v) is 20.8. The molecule has 0 fully saturated rings. The molecule has 0 bridgehead atoms. The minimum Gasteiger partial charge on any atom is -0.457 e. The summed E-state index contributed by atoms with van der Waals surface area (Å²) in [6.07, 6.45) is 3.90. The molecule has 1 aliphatic rings. The average Bonchev–Trinajstić information content (AvgIpc) is 3.50. The number of aryl methyl sites for hydroxylation is 3. The van der Waals surface area contributed by atoms with Crippen LogP contribution in [0.2, 0.25) is 0 Å². The number of hydrogen-bond donors (Lipinski definition) is 0. The lowest BCUT2D eigenvalue weighted by Gasteiger charge is -2.34. The molecule has 0 N–H and O–H groups in total. The molecule has 3 heteroatoms. The zero-order valence-electron chi connectivity index (χ0n) is 35.7. The fourth-order valence-corrected chi connectivity index (χ4v) is 9.33. The van der Waals surface area contributed by atoms with Crippen molar-refractivity contribution in [1.82, 2.24) is 9.97 Å². The fraction of sp³-hybridized carbons (Fsp3) is 0.214. The Hall–Kier alpha value is -6.32. The van der Waals surface area contributed by atoms with Crippen molar-refractivity contribution in [2.45, 2.75) is 78.6 Å². The molecule has 292 valence electrons. The molecule has 0 saturated carbocycles. The summed E-state index contributed by atoms with van der Waals surface area (Å²) in [5, 5.41) is 2.27. The Morgan fingerprint density at radius 2 is 1.14 bits per heavy atom. The van der Waals surface area contributed by atoms with Gasteiger partial charge in [0.15, 0.2) is 0 Å². The minimum absolute atomic E-state index is 0.0437. The molecule has 2 aromatic heterocycles. The lowest BCUT2D eigenvalue weighted by molar-refractivity contribution is 0.481. The van der Waals surface area contributed by atoms with E-state index >= 15 is 0 Å². The molecule has 2 heterocycles. The van der Waals surface area contributed by atoms with E-state index in [1.165, 1.54) is 55.6 Å². The van der Waals surface area contributed by atoms with Gasteiger partial charge in [-0.25, -0.2) is 0 Å². The van der Waals surface area contributed by atoms with Crippen molar-refractivity contribution in [2.75, 3.05) is 0 Å². The second-order valence-corrected chi connectivity index (χ2v) is 18.6. The maximum atomic E-state index is 7.06. The normalized spacial score (nSPS) is 13.3. The Balaban J connectivity index is 1.25. The molecule has 0 atom stereocenters. The fourth-order valence-electron chi connectivity index (χ4n) is 9.33. The van der Waals surface area contributed by atoms with Crippen molar-refractivity contribution in [2.24, 2.45) is 0 Å². The standard InChI is InChI=1S/C56H52N2O/c1-35-25-36(2)53(37(3)26-35)41-27-40(51-30-38-15-10-11-16-39(38)34-58-51)28-46(29-41)59-45-18-14-17-44(31-45)56(52-19-12-13-24-57-52)49-32-42(54(4,5)6)20-22-47(49)48-23-21-43(33-50(48)56)55(7,8)9/h10-34H,1-9H3. The number of aromatic nitrogens is 2. The molecular weight excluding hydrogens is 717 g/mol. The van der Waals surface area contributed by atoms with Crippen molar-refractivity contribution in [3.8, 4) is 45.0 Å². The van der Waals surface area contributed by atoms with E-state index in [-0.39, 0.29) is 10.8 Å². The first-order valence-electron chi connectivity index (χ1n) is 20.8. The maximum Gasteiger partial charge on any atom is 0.128 e. The Bertz CT molecular complexity index is 2820. The van der Waals surface area contributed by atoms with E-state index in [0.717, 1.165) is 50.3 Å². The van der Waals surface area contributed by atoms with Crippen LogP contribution in [0.25, 0.3) is 44.3 Å². The highest BCUT2D eigenvalue weighted by atomic mass is 16.5. The van der Waals surface area contributed by atoms with E-state index in [9.17, 15) is 0 Å². The molecule has 59 heavy (non-hydrogen) atoms. The van der Waals surface area contributed by atoms with Crippen LogP contribution in [-0.4, -0.2) is 9.97 Å². The number of benzene rings is 6. The first kappa shape index (κ1) is 38.2. The first-order chi connectivity index (χ1) is 28.2. The van der Waals surface area contributed by atoms with Crippen molar-refractivity contribution in [3.05, 3.63) is 202 Å². The van der Waals surface area contributed by atoms with Crippen LogP contribution in [0.15, 0.2) is 152 Å². The molecule has 8 aromatic rings. The van der Waals surface area contributed by atoms with E-state index in [2.05, 4.69) is 196 Å². The second kappa shape index (κ2) is 14.2. The van der Waals surface area contributed by atoms with Crippen LogP contribution in [0.3, 0.4) is 0 Å². The number of fused-ring (bicyclic) bond motifs is 4. The number of rotatable bonds is 6.